The zero-order valence-corrected chi connectivity index (χ0v) is 8.27. The second-order valence-corrected chi connectivity index (χ2v) is 2.77. The van der Waals surface area contributed by atoms with Gasteiger partial charge in [-0.15, -0.1) is 11.6 Å². The molecule has 0 saturated heterocycles. The van der Waals surface area contributed by atoms with Gasteiger partial charge >= 0.3 is 0 Å². The summed E-state index contributed by atoms with van der Waals surface area (Å²) in [6.07, 6.45) is 0. The molecule has 1 aromatic carbocycles. The van der Waals surface area contributed by atoms with Crippen LogP contribution in [0.5, 0.6) is 5.75 Å². The third-order valence-electron chi connectivity index (χ3n) is 1.68. The van der Waals surface area contributed by atoms with E-state index in [2.05, 4.69) is 5.43 Å². The number of halogens is 1. The second kappa shape index (κ2) is 4.94. The van der Waals surface area contributed by atoms with Crippen LogP contribution in [-0.4, -0.2) is 6.61 Å². The predicted octanol–water partition coefficient (Wildman–Crippen LogP) is 2.11. The van der Waals surface area contributed by atoms with Gasteiger partial charge in [-0.25, -0.2) is 0 Å². The first kappa shape index (κ1) is 10.2. The van der Waals surface area contributed by atoms with E-state index in [1.54, 1.807) is 0 Å². The number of hydrazine groups is 1. The van der Waals surface area contributed by atoms with E-state index in [4.69, 9.17) is 22.2 Å². The summed E-state index contributed by atoms with van der Waals surface area (Å²) in [5, 5.41) is 0. The van der Waals surface area contributed by atoms with Crippen LogP contribution in [0.3, 0.4) is 0 Å². The van der Waals surface area contributed by atoms with Crippen LogP contribution < -0.4 is 16.0 Å². The highest BCUT2D eigenvalue weighted by atomic mass is 35.5. The summed E-state index contributed by atoms with van der Waals surface area (Å²) < 4.78 is 5.42. The molecule has 13 heavy (non-hydrogen) atoms. The highest BCUT2D eigenvalue weighted by Crippen LogP contribution is 2.29. The van der Waals surface area contributed by atoms with E-state index in [0.717, 1.165) is 17.0 Å². The minimum absolute atomic E-state index is 0.421. The predicted molar refractivity (Wildman–Crippen MR) is 55.0 cm³/mol. The molecule has 0 aliphatic heterocycles. The Morgan fingerprint density at radius 1 is 1.54 bits per heavy atom. The molecule has 0 aromatic heterocycles. The lowest BCUT2D eigenvalue weighted by atomic mass is 10.2. The molecule has 1 rings (SSSR count). The van der Waals surface area contributed by atoms with Crippen molar-refractivity contribution in [2.75, 3.05) is 12.0 Å². The monoisotopic (exact) mass is 200 g/mol. The maximum absolute atomic E-state index is 5.75. The largest absolute Gasteiger partial charge is 0.491 e. The number of nitrogen functional groups attached to an aromatic ring is 1. The fourth-order valence-corrected chi connectivity index (χ4v) is 1.33. The van der Waals surface area contributed by atoms with Gasteiger partial charge in [0.05, 0.1) is 18.2 Å². The summed E-state index contributed by atoms with van der Waals surface area (Å²) in [6.45, 7) is 2.52. The zero-order chi connectivity index (χ0) is 9.68. The van der Waals surface area contributed by atoms with E-state index in [9.17, 15) is 0 Å². The quantitative estimate of drug-likeness (QED) is 0.445. The van der Waals surface area contributed by atoms with E-state index in [0.29, 0.717) is 12.5 Å². The van der Waals surface area contributed by atoms with E-state index in [-0.39, 0.29) is 0 Å². The number of alkyl halides is 1. The van der Waals surface area contributed by atoms with Crippen LogP contribution in [0.25, 0.3) is 0 Å². The van der Waals surface area contributed by atoms with Gasteiger partial charge in [0.2, 0.25) is 0 Å². The van der Waals surface area contributed by atoms with Crippen molar-refractivity contribution in [3.05, 3.63) is 23.8 Å². The van der Waals surface area contributed by atoms with Crippen molar-refractivity contribution in [3.63, 3.8) is 0 Å². The van der Waals surface area contributed by atoms with Gasteiger partial charge in [-0.3, -0.25) is 5.84 Å². The minimum Gasteiger partial charge on any atom is -0.491 e. The third kappa shape index (κ3) is 2.26. The minimum atomic E-state index is 0.421. The third-order valence-corrected chi connectivity index (χ3v) is 1.97. The van der Waals surface area contributed by atoms with Crippen LogP contribution in [0.4, 0.5) is 5.69 Å². The molecule has 4 heteroatoms. The molecule has 0 radical (unpaired) electrons. The number of nitrogens with one attached hydrogen (secondary N) is 1. The molecule has 3 nitrogen and oxygen atoms in total. The van der Waals surface area contributed by atoms with Gasteiger partial charge in [0.1, 0.15) is 5.75 Å². The highest BCUT2D eigenvalue weighted by Gasteiger charge is 2.06. The SMILES string of the molecule is CCOc1c(CCl)cccc1NN. The van der Waals surface area contributed by atoms with Gasteiger partial charge in [0.25, 0.3) is 0 Å². The Balaban J connectivity index is 3.05. The van der Waals surface area contributed by atoms with Crippen molar-refractivity contribution in [1.29, 1.82) is 0 Å². The zero-order valence-electron chi connectivity index (χ0n) is 7.51. The van der Waals surface area contributed by atoms with Gasteiger partial charge < -0.3 is 10.2 Å². The van der Waals surface area contributed by atoms with Crippen LogP contribution >= 0.6 is 11.6 Å². The van der Waals surface area contributed by atoms with Crippen LogP contribution in [0.2, 0.25) is 0 Å². The Morgan fingerprint density at radius 3 is 2.85 bits per heavy atom. The van der Waals surface area contributed by atoms with Gasteiger partial charge in [0.15, 0.2) is 0 Å². The van der Waals surface area contributed by atoms with E-state index in [1.807, 2.05) is 25.1 Å². The molecule has 0 atom stereocenters. The summed E-state index contributed by atoms with van der Waals surface area (Å²) in [6, 6.07) is 5.65. The van der Waals surface area contributed by atoms with E-state index < -0.39 is 0 Å². The number of anilines is 1. The lowest BCUT2D eigenvalue weighted by Gasteiger charge is -2.12. The lowest BCUT2D eigenvalue weighted by Crippen LogP contribution is -2.09. The number of benzene rings is 1. The summed E-state index contributed by atoms with van der Waals surface area (Å²) >= 11 is 5.75. The summed E-state index contributed by atoms with van der Waals surface area (Å²) in [5.74, 6) is 6.49. The molecular weight excluding hydrogens is 188 g/mol. The number of hydrogen-bond donors (Lipinski definition) is 2. The summed E-state index contributed by atoms with van der Waals surface area (Å²) in [5.41, 5.74) is 4.28. The Hall–Kier alpha value is -0.930. The molecule has 1 aromatic rings. The molecule has 0 amide bonds. The average Bonchev–Trinajstić information content (AvgIpc) is 2.18. The number of para-hydroxylation sites is 1. The number of nitrogens with two attached hydrogens (primary N) is 1. The van der Waals surface area contributed by atoms with Crippen LogP contribution in [0.15, 0.2) is 18.2 Å². The van der Waals surface area contributed by atoms with Crippen LogP contribution in [0, 0.1) is 0 Å². The maximum atomic E-state index is 5.75. The molecular formula is C9H13ClN2O. The number of ether oxygens (including phenoxy) is 1. The normalized spacial score (nSPS) is 9.77. The standard InChI is InChI=1S/C9H13ClN2O/c1-2-13-9-7(6-10)4-3-5-8(9)12-11/h3-5,12H,2,6,11H2,1H3. The van der Waals surface area contributed by atoms with Gasteiger partial charge in [-0.05, 0) is 13.0 Å². The molecule has 0 aliphatic rings. The highest BCUT2D eigenvalue weighted by molar-refractivity contribution is 6.17. The summed E-state index contributed by atoms with van der Waals surface area (Å²) in [4.78, 5) is 0. The van der Waals surface area contributed by atoms with Crippen molar-refractivity contribution in [2.45, 2.75) is 12.8 Å². The van der Waals surface area contributed by atoms with Gasteiger partial charge in [-0.1, -0.05) is 12.1 Å². The Labute approximate surface area is 82.8 Å². The first-order valence-corrected chi connectivity index (χ1v) is 4.64. The topological polar surface area (TPSA) is 47.3 Å². The smallest absolute Gasteiger partial charge is 0.148 e. The average molecular weight is 201 g/mol. The second-order valence-electron chi connectivity index (χ2n) is 2.50. The van der Waals surface area contributed by atoms with Gasteiger partial charge in [-0.2, -0.15) is 0 Å². The van der Waals surface area contributed by atoms with Crippen molar-refractivity contribution in [2.24, 2.45) is 5.84 Å². The molecule has 0 heterocycles. The Morgan fingerprint density at radius 2 is 2.31 bits per heavy atom. The molecule has 0 aliphatic carbocycles. The molecule has 72 valence electrons. The fourth-order valence-electron chi connectivity index (χ4n) is 1.12. The molecule has 0 spiro atoms. The Bertz CT molecular complexity index is 256. The van der Waals surface area contributed by atoms with Crippen LogP contribution in [-0.2, 0) is 5.88 Å². The lowest BCUT2D eigenvalue weighted by molar-refractivity contribution is 0.339. The molecule has 0 bridgehead atoms. The number of rotatable bonds is 4. The molecule has 0 fully saturated rings. The van der Waals surface area contributed by atoms with E-state index >= 15 is 0 Å². The number of hydrogen-bond acceptors (Lipinski definition) is 3. The fraction of sp³-hybridized carbons (Fsp3) is 0.333. The first-order valence-electron chi connectivity index (χ1n) is 4.10. The van der Waals surface area contributed by atoms with Crippen molar-refractivity contribution in [1.82, 2.24) is 0 Å². The summed E-state index contributed by atoms with van der Waals surface area (Å²) in [7, 11) is 0. The van der Waals surface area contributed by atoms with Crippen molar-refractivity contribution in [3.8, 4) is 5.75 Å². The first-order chi connectivity index (χ1) is 6.33. The molecule has 0 saturated carbocycles. The van der Waals surface area contributed by atoms with Crippen molar-refractivity contribution < 1.29 is 4.74 Å². The Kier molecular flexibility index (Phi) is 3.86. The van der Waals surface area contributed by atoms with E-state index in [1.165, 1.54) is 0 Å². The van der Waals surface area contributed by atoms with Gasteiger partial charge in [0, 0.05) is 5.56 Å². The van der Waals surface area contributed by atoms with Crippen LogP contribution in [0.1, 0.15) is 12.5 Å². The molecule has 0 unspecified atom stereocenters. The molecule has 3 N–H and O–H groups in total. The van der Waals surface area contributed by atoms with Crippen molar-refractivity contribution >= 4 is 17.3 Å². The maximum Gasteiger partial charge on any atom is 0.148 e.